The minimum Gasteiger partial charge on any atom is -0.465 e. The first-order chi connectivity index (χ1) is 11.7. The van der Waals surface area contributed by atoms with Crippen molar-refractivity contribution in [3.63, 3.8) is 0 Å². The van der Waals surface area contributed by atoms with Crippen molar-refractivity contribution in [3.05, 3.63) is 23.0 Å². The summed E-state index contributed by atoms with van der Waals surface area (Å²) in [6, 6.07) is 1.95. The lowest BCUT2D eigenvalue weighted by Gasteiger charge is -2.15. The molecule has 3 nitrogen and oxygen atoms in total. The lowest BCUT2D eigenvalue weighted by Crippen LogP contribution is -2.20. The van der Waals surface area contributed by atoms with E-state index in [4.69, 9.17) is 16.3 Å². The van der Waals surface area contributed by atoms with E-state index in [9.17, 15) is 4.79 Å². The topological polar surface area (TPSA) is 39.2 Å². The number of pyridine rings is 1. The van der Waals surface area contributed by atoms with E-state index >= 15 is 0 Å². The molecule has 0 saturated heterocycles. The van der Waals surface area contributed by atoms with Gasteiger partial charge in [-0.25, -0.2) is 0 Å². The van der Waals surface area contributed by atoms with Gasteiger partial charge in [0.1, 0.15) is 0 Å². The third-order valence-electron chi connectivity index (χ3n) is 4.35. The third kappa shape index (κ3) is 5.96. The maximum absolute atomic E-state index is 12.2. The summed E-state index contributed by atoms with van der Waals surface area (Å²) in [6.07, 6.45) is 9.47. The Kier molecular flexibility index (Phi) is 8.40. The first kappa shape index (κ1) is 19.6. The second-order valence-electron chi connectivity index (χ2n) is 6.43. The quantitative estimate of drug-likeness (QED) is 0.278. The number of rotatable bonds is 11. The van der Waals surface area contributed by atoms with Crippen LogP contribution in [-0.4, -0.2) is 23.3 Å². The summed E-state index contributed by atoms with van der Waals surface area (Å²) >= 11 is 8.12. The summed E-state index contributed by atoms with van der Waals surface area (Å²) in [6.45, 7) is 4.75. The summed E-state index contributed by atoms with van der Waals surface area (Å²) in [5.41, 5.74) is 1.02. The van der Waals surface area contributed by atoms with Gasteiger partial charge in [-0.15, -0.1) is 11.8 Å². The van der Waals surface area contributed by atoms with Crippen LogP contribution in [0, 0.1) is 5.92 Å². The van der Waals surface area contributed by atoms with E-state index in [1.54, 1.807) is 11.8 Å². The Labute approximate surface area is 154 Å². The molecule has 134 valence electrons. The molecule has 1 saturated carbocycles. The van der Waals surface area contributed by atoms with Crippen molar-refractivity contribution in [2.75, 3.05) is 12.4 Å². The molecule has 0 aromatic carbocycles. The smallest absolute Gasteiger partial charge is 0.309 e. The highest BCUT2D eigenvalue weighted by molar-refractivity contribution is 7.99. The van der Waals surface area contributed by atoms with E-state index in [0.29, 0.717) is 18.3 Å². The number of esters is 1. The Balaban J connectivity index is 1.80. The maximum atomic E-state index is 12.2. The van der Waals surface area contributed by atoms with E-state index < -0.39 is 0 Å². The largest absolute Gasteiger partial charge is 0.465 e. The van der Waals surface area contributed by atoms with Crippen molar-refractivity contribution in [2.24, 2.45) is 5.92 Å². The highest BCUT2D eigenvalue weighted by atomic mass is 35.5. The molecule has 0 spiro atoms. The average Bonchev–Trinajstić information content (AvgIpc) is 3.41. The predicted octanol–water partition coefficient (Wildman–Crippen LogP) is 5.85. The monoisotopic (exact) mass is 369 g/mol. The van der Waals surface area contributed by atoms with Gasteiger partial charge in [0, 0.05) is 22.8 Å². The van der Waals surface area contributed by atoms with E-state index in [1.807, 2.05) is 19.2 Å². The fourth-order valence-electron chi connectivity index (χ4n) is 2.56. The molecule has 1 aliphatic rings. The Morgan fingerprint density at radius 1 is 1.38 bits per heavy atom. The van der Waals surface area contributed by atoms with Gasteiger partial charge in [0.25, 0.3) is 0 Å². The van der Waals surface area contributed by atoms with Gasteiger partial charge in [-0.1, -0.05) is 44.7 Å². The van der Waals surface area contributed by atoms with Gasteiger partial charge in [0.05, 0.1) is 23.2 Å². The van der Waals surface area contributed by atoms with Gasteiger partial charge in [-0.3, -0.25) is 9.78 Å². The van der Waals surface area contributed by atoms with Crippen LogP contribution in [0.5, 0.6) is 0 Å². The van der Waals surface area contributed by atoms with Gasteiger partial charge in [-0.2, -0.15) is 0 Å². The van der Waals surface area contributed by atoms with E-state index in [-0.39, 0.29) is 11.9 Å². The molecule has 1 heterocycles. The number of thioether (sulfide) groups is 1. The fraction of sp³-hybridized carbons (Fsp3) is 0.684. The molecule has 0 radical (unpaired) electrons. The number of hydrogen-bond donors (Lipinski definition) is 0. The average molecular weight is 370 g/mol. The highest BCUT2D eigenvalue weighted by Gasteiger charge is 2.28. The van der Waals surface area contributed by atoms with Gasteiger partial charge >= 0.3 is 5.97 Å². The summed E-state index contributed by atoms with van der Waals surface area (Å²) in [5, 5.41) is 0.771. The summed E-state index contributed by atoms with van der Waals surface area (Å²) in [5.74, 6) is 1.09. The Hall–Kier alpha value is -0.740. The van der Waals surface area contributed by atoms with Crippen LogP contribution in [0.3, 0.4) is 0 Å². The fourth-order valence-corrected chi connectivity index (χ4v) is 4.13. The predicted molar refractivity (Wildman–Crippen MR) is 101 cm³/mol. The van der Waals surface area contributed by atoms with Crippen LogP contribution in [0.15, 0.2) is 17.2 Å². The van der Waals surface area contributed by atoms with Gasteiger partial charge in [0.15, 0.2) is 0 Å². The molecule has 24 heavy (non-hydrogen) atoms. The molecule has 0 bridgehead atoms. The number of ether oxygens (including phenoxy) is 1. The number of nitrogens with zero attached hydrogens (tertiary/aromatic N) is 1. The number of unbranched alkanes of at least 4 members (excludes halogenated alkanes) is 3. The SMILES string of the molecule is CCCCCCOC(=O)C(CC)CSc1ccnc(C2CC2)c1Cl. The molecule has 1 unspecified atom stereocenters. The van der Waals surface area contributed by atoms with Crippen LogP contribution >= 0.6 is 23.4 Å². The summed E-state index contributed by atoms with van der Waals surface area (Å²) in [4.78, 5) is 17.7. The molecule has 1 atom stereocenters. The molecule has 0 N–H and O–H groups in total. The van der Waals surface area contributed by atoms with Crippen molar-refractivity contribution in [2.45, 2.75) is 69.6 Å². The molecule has 2 rings (SSSR count). The van der Waals surface area contributed by atoms with E-state index in [2.05, 4.69) is 11.9 Å². The molecule has 1 aromatic rings. The first-order valence-electron chi connectivity index (χ1n) is 9.11. The van der Waals surface area contributed by atoms with Gasteiger partial charge < -0.3 is 4.74 Å². The number of carbonyl (C=O) groups is 1. The number of aromatic nitrogens is 1. The minimum absolute atomic E-state index is 0.0743. The number of halogens is 1. The standard InChI is InChI=1S/C19H28ClNO2S/c1-3-5-6-7-12-23-19(22)14(4-2)13-24-16-10-11-21-18(17(16)20)15-8-9-15/h10-11,14-15H,3-9,12-13H2,1-2H3. The van der Waals surface area contributed by atoms with Crippen LogP contribution < -0.4 is 0 Å². The van der Waals surface area contributed by atoms with Crippen molar-refractivity contribution < 1.29 is 9.53 Å². The molecule has 0 amide bonds. The maximum Gasteiger partial charge on any atom is 0.309 e. The Morgan fingerprint density at radius 3 is 2.83 bits per heavy atom. The zero-order valence-corrected chi connectivity index (χ0v) is 16.3. The van der Waals surface area contributed by atoms with E-state index in [0.717, 1.165) is 34.9 Å². The number of hydrogen-bond acceptors (Lipinski definition) is 4. The normalized spacial score (nSPS) is 15.3. The third-order valence-corrected chi connectivity index (χ3v) is 6.08. The second-order valence-corrected chi connectivity index (χ2v) is 7.87. The second kappa shape index (κ2) is 10.3. The summed E-state index contributed by atoms with van der Waals surface area (Å²) < 4.78 is 5.43. The first-order valence-corrected chi connectivity index (χ1v) is 10.5. The molecule has 1 aromatic heterocycles. The Morgan fingerprint density at radius 2 is 2.17 bits per heavy atom. The van der Waals surface area contributed by atoms with Crippen LogP contribution in [0.25, 0.3) is 0 Å². The zero-order chi connectivity index (χ0) is 17.4. The van der Waals surface area contributed by atoms with Crippen LogP contribution in [0.4, 0.5) is 0 Å². The minimum atomic E-state index is -0.0749. The van der Waals surface area contributed by atoms with Crippen LogP contribution in [0.2, 0.25) is 5.02 Å². The lowest BCUT2D eigenvalue weighted by atomic mass is 10.1. The van der Waals surface area contributed by atoms with Crippen molar-refractivity contribution in [1.82, 2.24) is 4.98 Å². The van der Waals surface area contributed by atoms with Gasteiger partial charge in [-0.05, 0) is 31.7 Å². The summed E-state index contributed by atoms with van der Waals surface area (Å²) in [7, 11) is 0. The number of carbonyl (C=O) groups excluding carboxylic acids is 1. The molecular weight excluding hydrogens is 342 g/mol. The molecule has 0 aliphatic heterocycles. The lowest BCUT2D eigenvalue weighted by molar-refractivity contribution is -0.147. The van der Waals surface area contributed by atoms with Gasteiger partial charge in [0.2, 0.25) is 0 Å². The Bertz CT molecular complexity index is 534. The molecule has 1 fully saturated rings. The van der Waals surface area contributed by atoms with E-state index in [1.165, 1.54) is 25.7 Å². The zero-order valence-electron chi connectivity index (χ0n) is 14.7. The van der Waals surface area contributed by atoms with Crippen molar-refractivity contribution in [3.8, 4) is 0 Å². The molecule has 5 heteroatoms. The highest BCUT2D eigenvalue weighted by Crippen LogP contribution is 2.44. The van der Waals surface area contributed by atoms with Crippen LogP contribution in [0.1, 0.15) is 70.4 Å². The van der Waals surface area contributed by atoms with Crippen LogP contribution in [-0.2, 0) is 9.53 Å². The van der Waals surface area contributed by atoms with Crippen molar-refractivity contribution in [1.29, 1.82) is 0 Å². The molecule has 1 aliphatic carbocycles. The van der Waals surface area contributed by atoms with Crippen molar-refractivity contribution >= 4 is 29.3 Å². The molecular formula is C19H28ClNO2S.